The number of carboxylic acid groups (broad SMARTS) is 1. The number of aliphatic carboxylic acids is 1. The molecule has 0 aromatic rings. The van der Waals surface area contributed by atoms with Gasteiger partial charge in [0.25, 0.3) is 0 Å². The van der Waals surface area contributed by atoms with Crippen LogP contribution in [-0.2, 0) is 9.53 Å². The molecule has 0 aromatic carbocycles. The van der Waals surface area contributed by atoms with Crippen molar-refractivity contribution in [3.8, 4) is 0 Å². The van der Waals surface area contributed by atoms with Gasteiger partial charge in [0.05, 0.1) is 6.61 Å². The quantitative estimate of drug-likeness (QED) is 0.558. The summed E-state index contributed by atoms with van der Waals surface area (Å²) in [5.41, 5.74) is -1.68. The van der Waals surface area contributed by atoms with Crippen LogP contribution in [0.25, 0.3) is 0 Å². The molecule has 1 saturated heterocycles. The third-order valence-corrected chi connectivity index (χ3v) is 2.39. The van der Waals surface area contributed by atoms with E-state index >= 15 is 0 Å². The molecule has 0 aromatic heterocycles. The van der Waals surface area contributed by atoms with Crippen molar-refractivity contribution in [3.05, 3.63) is 0 Å². The van der Waals surface area contributed by atoms with Gasteiger partial charge in [-0.05, 0) is 19.3 Å². The van der Waals surface area contributed by atoms with Crippen LogP contribution in [0, 0.1) is 5.92 Å². The minimum absolute atomic E-state index is 0.0683. The lowest BCUT2D eigenvalue weighted by Crippen LogP contribution is -2.45. The molecule has 1 aliphatic heterocycles. The highest BCUT2D eigenvalue weighted by Crippen LogP contribution is 2.11. The Kier molecular flexibility index (Phi) is 3.86. The molecule has 0 saturated carbocycles. The highest BCUT2D eigenvalue weighted by atomic mass is 16.5. The number of aliphatic hydroxyl groups is 1. The van der Waals surface area contributed by atoms with Crippen LogP contribution in [0.4, 0.5) is 0 Å². The third kappa shape index (κ3) is 3.25. The number of nitrogens with one attached hydrogen (secondary N) is 1. The summed E-state index contributed by atoms with van der Waals surface area (Å²) in [5.74, 6) is -0.757. The number of carboxylic acids is 1. The van der Waals surface area contributed by atoms with E-state index in [-0.39, 0.29) is 6.54 Å². The molecule has 82 valence electrons. The Morgan fingerprint density at radius 2 is 2.43 bits per heavy atom. The maximum absolute atomic E-state index is 10.5. The molecule has 0 spiro atoms. The molecule has 3 N–H and O–H groups in total. The fourth-order valence-corrected chi connectivity index (χ4v) is 1.34. The lowest BCUT2D eigenvalue weighted by Gasteiger charge is -2.19. The van der Waals surface area contributed by atoms with Gasteiger partial charge >= 0.3 is 5.97 Å². The Labute approximate surface area is 83.1 Å². The molecule has 0 aliphatic carbocycles. The Morgan fingerprint density at radius 3 is 2.93 bits per heavy atom. The summed E-state index contributed by atoms with van der Waals surface area (Å²) in [5, 5.41) is 20.9. The number of ether oxygens (including phenoxy) is 1. The van der Waals surface area contributed by atoms with E-state index in [1.807, 2.05) is 0 Å². The Bertz CT molecular complexity index is 199. The van der Waals surface area contributed by atoms with Crippen LogP contribution in [0.15, 0.2) is 0 Å². The third-order valence-electron chi connectivity index (χ3n) is 2.39. The summed E-state index contributed by atoms with van der Waals surface area (Å²) < 4.78 is 5.17. The minimum atomic E-state index is -1.68. The van der Waals surface area contributed by atoms with Gasteiger partial charge in [-0.25, -0.2) is 4.79 Å². The molecule has 2 unspecified atom stereocenters. The van der Waals surface area contributed by atoms with Crippen LogP contribution in [0.2, 0.25) is 0 Å². The van der Waals surface area contributed by atoms with Crippen molar-refractivity contribution in [2.45, 2.75) is 18.9 Å². The molecule has 0 amide bonds. The first-order chi connectivity index (χ1) is 6.52. The van der Waals surface area contributed by atoms with E-state index in [9.17, 15) is 9.90 Å². The van der Waals surface area contributed by atoms with Crippen molar-refractivity contribution < 1.29 is 19.7 Å². The molecule has 1 heterocycles. The molecule has 14 heavy (non-hydrogen) atoms. The summed E-state index contributed by atoms with van der Waals surface area (Å²) in [6.07, 6.45) is 1.00. The minimum Gasteiger partial charge on any atom is -0.479 e. The van der Waals surface area contributed by atoms with Crippen LogP contribution < -0.4 is 5.32 Å². The Morgan fingerprint density at radius 1 is 1.71 bits per heavy atom. The SMILES string of the molecule is CC(O)(CNCC1CCOC1)C(=O)O. The lowest BCUT2D eigenvalue weighted by molar-refractivity contribution is -0.156. The summed E-state index contributed by atoms with van der Waals surface area (Å²) in [7, 11) is 0. The maximum atomic E-state index is 10.5. The molecular weight excluding hydrogens is 186 g/mol. The van der Waals surface area contributed by atoms with Gasteiger partial charge < -0.3 is 20.3 Å². The molecule has 0 radical (unpaired) electrons. The van der Waals surface area contributed by atoms with Gasteiger partial charge in [0.15, 0.2) is 5.60 Å². The van der Waals surface area contributed by atoms with Crippen molar-refractivity contribution in [1.29, 1.82) is 0 Å². The Hall–Kier alpha value is -0.650. The van der Waals surface area contributed by atoms with Crippen molar-refractivity contribution >= 4 is 5.97 Å². The first-order valence-corrected chi connectivity index (χ1v) is 4.76. The van der Waals surface area contributed by atoms with Crippen molar-refractivity contribution in [3.63, 3.8) is 0 Å². The second-order valence-corrected chi connectivity index (χ2v) is 3.94. The van der Waals surface area contributed by atoms with E-state index in [0.29, 0.717) is 12.5 Å². The van der Waals surface area contributed by atoms with Crippen LogP contribution >= 0.6 is 0 Å². The second-order valence-electron chi connectivity index (χ2n) is 3.94. The Balaban J connectivity index is 2.16. The number of hydrogen-bond donors (Lipinski definition) is 3. The van der Waals surface area contributed by atoms with E-state index in [2.05, 4.69) is 5.32 Å². The molecule has 5 nitrogen and oxygen atoms in total. The highest BCUT2D eigenvalue weighted by molar-refractivity contribution is 5.76. The van der Waals surface area contributed by atoms with E-state index in [4.69, 9.17) is 9.84 Å². The summed E-state index contributed by atoms with van der Waals surface area (Å²) in [6.45, 7) is 3.56. The van der Waals surface area contributed by atoms with Gasteiger partial charge in [0.1, 0.15) is 0 Å². The second kappa shape index (κ2) is 4.72. The van der Waals surface area contributed by atoms with Crippen LogP contribution in [-0.4, -0.2) is 48.1 Å². The highest BCUT2D eigenvalue weighted by Gasteiger charge is 2.29. The zero-order chi connectivity index (χ0) is 10.6. The summed E-state index contributed by atoms with van der Waals surface area (Å²) >= 11 is 0. The van der Waals surface area contributed by atoms with Gasteiger partial charge in [-0.1, -0.05) is 0 Å². The monoisotopic (exact) mass is 203 g/mol. The van der Waals surface area contributed by atoms with E-state index in [1.54, 1.807) is 0 Å². The first-order valence-electron chi connectivity index (χ1n) is 4.76. The largest absolute Gasteiger partial charge is 0.479 e. The van der Waals surface area contributed by atoms with E-state index < -0.39 is 11.6 Å². The molecule has 1 aliphatic rings. The molecule has 5 heteroatoms. The molecule has 2 atom stereocenters. The first kappa shape index (κ1) is 11.4. The van der Waals surface area contributed by atoms with Crippen molar-refractivity contribution in [2.75, 3.05) is 26.3 Å². The van der Waals surface area contributed by atoms with Crippen LogP contribution in [0.1, 0.15) is 13.3 Å². The zero-order valence-electron chi connectivity index (χ0n) is 8.32. The number of rotatable bonds is 5. The molecular formula is C9H17NO4. The standard InChI is InChI=1S/C9H17NO4/c1-9(13,8(11)12)6-10-4-7-2-3-14-5-7/h7,10,13H,2-6H2,1H3,(H,11,12). The molecule has 1 rings (SSSR count). The van der Waals surface area contributed by atoms with Gasteiger partial charge in [-0.15, -0.1) is 0 Å². The zero-order valence-corrected chi connectivity index (χ0v) is 8.32. The number of carbonyl (C=O) groups is 1. The topological polar surface area (TPSA) is 78.8 Å². The van der Waals surface area contributed by atoms with Gasteiger partial charge in [0.2, 0.25) is 0 Å². The van der Waals surface area contributed by atoms with Gasteiger partial charge in [-0.2, -0.15) is 0 Å². The number of hydrogen-bond acceptors (Lipinski definition) is 4. The van der Waals surface area contributed by atoms with Crippen molar-refractivity contribution in [1.82, 2.24) is 5.32 Å². The maximum Gasteiger partial charge on any atom is 0.336 e. The van der Waals surface area contributed by atoms with Gasteiger partial charge in [0, 0.05) is 19.7 Å². The predicted octanol–water partition coefficient (Wildman–Crippen LogP) is -0.552. The van der Waals surface area contributed by atoms with Gasteiger partial charge in [-0.3, -0.25) is 0 Å². The predicted molar refractivity (Wildman–Crippen MR) is 50.1 cm³/mol. The average Bonchev–Trinajstić information content (AvgIpc) is 2.56. The summed E-state index contributed by atoms with van der Waals surface area (Å²) in [6, 6.07) is 0. The summed E-state index contributed by atoms with van der Waals surface area (Å²) in [4.78, 5) is 10.5. The lowest BCUT2D eigenvalue weighted by atomic mass is 10.1. The fourth-order valence-electron chi connectivity index (χ4n) is 1.34. The van der Waals surface area contributed by atoms with Crippen molar-refractivity contribution in [2.24, 2.45) is 5.92 Å². The van der Waals surface area contributed by atoms with Crippen LogP contribution in [0.5, 0.6) is 0 Å². The van der Waals surface area contributed by atoms with E-state index in [1.165, 1.54) is 6.92 Å². The van der Waals surface area contributed by atoms with E-state index in [0.717, 1.165) is 19.6 Å². The smallest absolute Gasteiger partial charge is 0.336 e. The normalized spacial score (nSPS) is 26.0. The molecule has 0 bridgehead atoms. The fraction of sp³-hybridized carbons (Fsp3) is 0.889. The average molecular weight is 203 g/mol. The van der Waals surface area contributed by atoms with Crippen LogP contribution in [0.3, 0.4) is 0 Å². The molecule has 1 fully saturated rings.